The van der Waals surface area contributed by atoms with Gasteiger partial charge in [0.25, 0.3) is 0 Å². The van der Waals surface area contributed by atoms with Gasteiger partial charge in [0.05, 0.1) is 35.0 Å². The van der Waals surface area contributed by atoms with Crippen LogP contribution < -0.4 is 15.4 Å². The third-order valence-corrected chi connectivity index (χ3v) is 3.81. The zero-order valence-corrected chi connectivity index (χ0v) is 15.1. The Balaban J connectivity index is 2.38. The third-order valence-electron chi connectivity index (χ3n) is 3.81. The van der Waals surface area contributed by atoms with Crippen LogP contribution in [-0.2, 0) is 21.9 Å². The van der Waals surface area contributed by atoms with Crippen molar-refractivity contribution in [3.8, 4) is 5.75 Å². The second kappa shape index (κ2) is 8.21. The number of carbonyl (C=O) groups excluding carboxylic acids is 2. The lowest BCUT2D eigenvalue weighted by molar-refractivity contribution is -0.143. The van der Waals surface area contributed by atoms with E-state index in [4.69, 9.17) is 9.47 Å². The second-order valence-electron chi connectivity index (χ2n) is 5.96. The normalized spacial score (nSPS) is 17.5. The van der Waals surface area contributed by atoms with Crippen molar-refractivity contribution in [1.29, 1.82) is 0 Å². The van der Waals surface area contributed by atoms with Crippen LogP contribution in [0, 0.1) is 0 Å². The first-order chi connectivity index (χ1) is 13.3. The highest BCUT2D eigenvalue weighted by Crippen LogP contribution is 2.38. The molecule has 1 heterocycles. The van der Waals surface area contributed by atoms with Gasteiger partial charge in [0.1, 0.15) is 12.4 Å². The highest BCUT2D eigenvalue weighted by atomic mass is 19.4. The Morgan fingerprint density at radius 3 is 2.10 bits per heavy atom. The molecule has 160 valence electrons. The van der Waals surface area contributed by atoms with Gasteiger partial charge in [0.15, 0.2) is 0 Å². The average molecular weight is 426 g/mol. The van der Waals surface area contributed by atoms with Crippen molar-refractivity contribution >= 4 is 12.0 Å². The molecule has 0 unspecified atom stereocenters. The van der Waals surface area contributed by atoms with E-state index in [0.717, 1.165) is 0 Å². The molecule has 0 saturated carbocycles. The highest BCUT2D eigenvalue weighted by molar-refractivity contribution is 5.94. The highest BCUT2D eigenvalue weighted by Gasteiger charge is 2.37. The first-order valence-corrected chi connectivity index (χ1v) is 8.23. The van der Waals surface area contributed by atoms with Crippen LogP contribution in [0.1, 0.15) is 25.0 Å². The maximum atomic E-state index is 12.9. The molecule has 12 heteroatoms. The van der Waals surface area contributed by atoms with Crippen LogP contribution >= 0.6 is 0 Å². The van der Waals surface area contributed by atoms with Crippen LogP contribution in [0.5, 0.6) is 5.75 Å². The molecule has 1 aromatic carbocycles. The Morgan fingerprint density at radius 1 is 1.07 bits per heavy atom. The lowest BCUT2D eigenvalue weighted by Gasteiger charge is -2.26. The van der Waals surface area contributed by atoms with Gasteiger partial charge < -0.3 is 20.1 Å². The number of benzene rings is 1. The van der Waals surface area contributed by atoms with Crippen LogP contribution in [0.25, 0.3) is 0 Å². The number of rotatable bonds is 5. The van der Waals surface area contributed by atoms with Crippen molar-refractivity contribution in [2.24, 2.45) is 0 Å². The number of carbonyl (C=O) groups is 2. The number of alkyl halides is 6. The smallest absolute Gasteiger partial charge is 0.416 e. The van der Waals surface area contributed by atoms with Crippen LogP contribution in [-0.4, -0.2) is 31.3 Å². The number of amides is 2. The van der Waals surface area contributed by atoms with Gasteiger partial charge in [-0.25, -0.2) is 9.59 Å². The molecule has 0 radical (unpaired) electrons. The number of nitrogens with one attached hydrogen (secondary N) is 2. The second-order valence-corrected chi connectivity index (χ2v) is 5.96. The monoisotopic (exact) mass is 426 g/mol. The molecule has 0 saturated heterocycles. The average Bonchev–Trinajstić information content (AvgIpc) is 2.57. The Morgan fingerprint density at radius 2 is 1.62 bits per heavy atom. The first-order valence-electron chi connectivity index (χ1n) is 8.23. The molecule has 1 atom stereocenters. The molecule has 6 nitrogen and oxygen atoms in total. The predicted octanol–water partition coefficient (Wildman–Crippen LogP) is 3.62. The summed E-state index contributed by atoms with van der Waals surface area (Å²) >= 11 is 0. The summed E-state index contributed by atoms with van der Waals surface area (Å²) in [6.07, 6.45) is -10.1. The minimum absolute atomic E-state index is 0.0136. The maximum absolute atomic E-state index is 12.9. The van der Waals surface area contributed by atoms with Gasteiger partial charge in [-0.3, -0.25) is 0 Å². The molecule has 0 aliphatic carbocycles. The van der Waals surface area contributed by atoms with Crippen molar-refractivity contribution in [1.82, 2.24) is 10.6 Å². The van der Waals surface area contributed by atoms with Gasteiger partial charge in [-0.15, -0.1) is 0 Å². The fraction of sp³-hybridized carbons (Fsp3) is 0.412. The standard InChI is InChI=1S/C17H16F6N2O4/c1-3-28-14(26)13-8(2)24-15(27)25-12(13)7-29-11-5-9(16(18,19)20)4-10(6-11)17(21,22)23/h4-6,8H,3,7H2,1-2H3,(H2,24,25,27)/t8-/m1/s1. The van der Waals surface area contributed by atoms with E-state index in [9.17, 15) is 35.9 Å². The van der Waals surface area contributed by atoms with Gasteiger partial charge in [-0.2, -0.15) is 26.3 Å². The number of urea groups is 1. The minimum atomic E-state index is -5.04. The summed E-state index contributed by atoms with van der Waals surface area (Å²) in [5, 5.41) is 4.65. The lowest BCUT2D eigenvalue weighted by atomic mass is 10.0. The van der Waals surface area contributed by atoms with Crippen molar-refractivity contribution in [3.63, 3.8) is 0 Å². The van der Waals surface area contributed by atoms with Crippen LogP contribution in [0.15, 0.2) is 29.5 Å². The molecule has 29 heavy (non-hydrogen) atoms. The van der Waals surface area contributed by atoms with E-state index in [1.165, 1.54) is 13.8 Å². The molecular weight excluding hydrogens is 410 g/mol. The molecule has 0 fully saturated rings. The van der Waals surface area contributed by atoms with E-state index in [1.54, 1.807) is 0 Å². The summed E-state index contributed by atoms with van der Waals surface area (Å²) in [6.45, 7) is 2.34. The summed E-state index contributed by atoms with van der Waals surface area (Å²) in [6, 6.07) is -0.777. The molecular formula is C17H16F6N2O4. The largest absolute Gasteiger partial charge is 0.487 e. The van der Waals surface area contributed by atoms with Crippen LogP contribution in [0.2, 0.25) is 0 Å². The van der Waals surface area contributed by atoms with Crippen molar-refractivity contribution in [2.45, 2.75) is 32.2 Å². The Bertz CT molecular complexity index is 800. The minimum Gasteiger partial charge on any atom is -0.487 e. The zero-order valence-electron chi connectivity index (χ0n) is 15.1. The summed E-state index contributed by atoms with van der Waals surface area (Å²) < 4.78 is 87.5. The topological polar surface area (TPSA) is 76.7 Å². The van der Waals surface area contributed by atoms with E-state index >= 15 is 0 Å². The fourth-order valence-corrected chi connectivity index (χ4v) is 2.56. The number of hydrogen-bond donors (Lipinski definition) is 2. The quantitative estimate of drug-likeness (QED) is 0.557. The van der Waals surface area contributed by atoms with Gasteiger partial charge in [-0.05, 0) is 32.0 Å². The molecule has 2 rings (SSSR count). The number of esters is 1. The van der Waals surface area contributed by atoms with Crippen molar-refractivity contribution in [2.75, 3.05) is 13.2 Å². The molecule has 2 N–H and O–H groups in total. The maximum Gasteiger partial charge on any atom is 0.416 e. The molecule has 2 amide bonds. The fourth-order valence-electron chi connectivity index (χ4n) is 2.56. The summed E-state index contributed by atoms with van der Waals surface area (Å²) in [4.78, 5) is 23.7. The molecule has 0 aromatic heterocycles. The summed E-state index contributed by atoms with van der Waals surface area (Å²) in [5.74, 6) is -1.55. The van der Waals surface area contributed by atoms with E-state index in [2.05, 4.69) is 10.6 Å². The zero-order chi connectivity index (χ0) is 22.0. The van der Waals surface area contributed by atoms with E-state index in [-0.39, 0.29) is 23.9 Å². The van der Waals surface area contributed by atoms with E-state index in [0.29, 0.717) is 12.1 Å². The van der Waals surface area contributed by atoms with Crippen molar-refractivity contribution < 1.29 is 45.4 Å². The van der Waals surface area contributed by atoms with Gasteiger partial charge >= 0.3 is 24.4 Å². The Hall–Kier alpha value is -2.92. The summed E-state index contributed by atoms with van der Waals surface area (Å²) in [5.41, 5.74) is -3.30. The molecule has 0 bridgehead atoms. The predicted molar refractivity (Wildman–Crippen MR) is 86.7 cm³/mol. The van der Waals surface area contributed by atoms with E-state index in [1.807, 2.05) is 0 Å². The summed E-state index contributed by atoms with van der Waals surface area (Å²) in [7, 11) is 0. The van der Waals surface area contributed by atoms with Crippen LogP contribution in [0.4, 0.5) is 31.1 Å². The Kier molecular flexibility index (Phi) is 6.34. The van der Waals surface area contributed by atoms with Crippen molar-refractivity contribution in [3.05, 3.63) is 40.6 Å². The Labute approximate surface area is 160 Å². The molecule has 0 spiro atoms. The number of hydrogen-bond acceptors (Lipinski definition) is 4. The molecule has 1 aliphatic heterocycles. The lowest BCUT2D eigenvalue weighted by Crippen LogP contribution is -2.50. The number of ether oxygens (including phenoxy) is 2. The molecule has 1 aromatic rings. The number of halogens is 6. The van der Waals surface area contributed by atoms with Gasteiger partial charge in [0.2, 0.25) is 0 Å². The van der Waals surface area contributed by atoms with Gasteiger partial charge in [0, 0.05) is 0 Å². The first kappa shape index (κ1) is 22.4. The third kappa shape index (κ3) is 5.55. The van der Waals surface area contributed by atoms with E-state index < -0.39 is 53.9 Å². The SMILES string of the molecule is CCOC(=O)C1=C(COc2cc(C(F)(F)F)cc(C(F)(F)F)c2)NC(=O)N[C@@H]1C. The van der Waals surface area contributed by atoms with Gasteiger partial charge in [-0.1, -0.05) is 0 Å². The molecule has 1 aliphatic rings. The van der Waals surface area contributed by atoms with Crippen LogP contribution in [0.3, 0.4) is 0 Å².